The van der Waals surface area contributed by atoms with E-state index in [4.69, 9.17) is 14.2 Å². The second-order valence-corrected chi connectivity index (χ2v) is 5.06. The Balaban J connectivity index is 2.11. The third-order valence-electron chi connectivity index (χ3n) is 3.64. The summed E-state index contributed by atoms with van der Waals surface area (Å²) in [5.41, 5.74) is 0.934. The van der Waals surface area contributed by atoms with Gasteiger partial charge in [-0.15, -0.1) is 0 Å². The fourth-order valence-corrected chi connectivity index (χ4v) is 2.46. The second-order valence-electron chi connectivity index (χ2n) is 5.06. The summed E-state index contributed by atoms with van der Waals surface area (Å²) in [6, 6.07) is 3.53. The van der Waals surface area contributed by atoms with Gasteiger partial charge in [0.1, 0.15) is 6.10 Å². The number of benzene rings is 1. The number of likely N-dealkylation sites (N-methyl/N-ethyl adjacent to an activating group) is 1. The summed E-state index contributed by atoms with van der Waals surface area (Å²) in [5, 5.41) is 12.5. The summed E-state index contributed by atoms with van der Waals surface area (Å²) in [6.07, 6.45) is -0.459. The number of nitrogens with one attached hydrogen (secondary N) is 1. The van der Waals surface area contributed by atoms with Crippen molar-refractivity contribution in [1.29, 1.82) is 0 Å². The molecule has 7 nitrogen and oxygen atoms in total. The van der Waals surface area contributed by atoms with Gasteiger partial charge in [-0.3, -0.25) is 9.69 Å². The van der Waals surface area contributed by atoms with Crippen molar-refractivity contribution < 1.29 is 24.1 Å². The molecule has 1 heterocycles. The Morgan fingerprint density at radius 1 is 1.41 bits per heavy atom. The van der Waals surface area contributed by atoms with Gasteiger partial charge in [-0.2, -0.15) is 0 Å². The average molecular weight is 310 g/mol. The molecule has 22 heavy (non-hydrogen) atoms. The van der Waals surface area contributed by atoms with E-state index in [2.05, 4.69) is 10.2 Å². The largest absolute Gasteiger partial charge is 0.502 e. The molecule has 1 unspecified atom stereocenters. The van der Waals surface area contributed by atoms with Gasteiger partial charge in [-0.25, -0.2) is 0 Å². The highest BCUT2D eigenvalue weighted by molar-refractivity contribution is 5.80. The number of phenols is 1. The van der Waals surface area contributed by atoms with Crippen molar-refractivity contribution in [3.63, 3.8) is 0 Å². The third kappa shape index (κ3) is 3.61. The molecule has 2 N–H and O–H groups in total. The predicted octanol–water partition coefficient (Wildman–Crippen LogP) is 0.356. The highest BCUT2D eigenvalue weighted by atomic mass is 16.5. The van der Waals surface area contributed by atoms with Crippen LogP contribution in [-0.2, 0) is 16.1 Å². The first-order chi connectivity index (χ1) is 10.6. The first kappa shape index (κ1) is 16.4. The zero-order chi connectivity index (χ0) is 16.1. The third-order valence-corrected chi connectivity index (χ3v) is 3.64. The summed E-state index contributed by atoms with van der Waals surface area (Å²) in [7, 11) is 4.59. The number of ether oxygens (including phenoxy) is 3. The molecule has 1 aromatic carbocycles. The van der Waals surface area contributed by atoms with Gasteiger partial charge >= 0.3 is 0 Å². The number of aromatic hydroxyl groups is 1. The van der Waals surface area contributed by atoms with Gasteiger partial charge in [0.2, 0.25) is 11.7 Å². The van der Waals surface area contributed by atoms with E-state index in [0.29, 0.717) is 31.2 Å². The predicted molar refractivity (Wildman–Crippen MR) is 80.3 cm³/mol. The fraction of sp³-hybridized carbons (Fsp3) is 0.533. The normalized spacial score (nSPS) is 18.8. The molecular weight excluding hydrogens is 288 g/mol. The van der Waals surface area contributed by atoms with E-state index in [0.717, 1.165) is 12.1 Å². The van der Waals surface area contributed by atoms with Crippen LogP contribution in [0.3, 0.4) is 0 Å². The number of morpholine rings is 1. The molecule has 0 radical (unpaired) electrons. The van der Waals surface area contributed by atoms with Crippen molar-refractivity contribution in [2.24, 2.45) is 0 Å². The lowest BCUT2D eigenvalue weighted by atomic mass is 10.1. The van der Waals surface area contributed by atoms with Crippen LogP contribution < -0.4 is 14.8 Å². The van der Waals surface area contributed by atoms with E-state index < -0.39 is 6.10 Å². The first-order valence-electron chi connectivity index (χ1n) is 7.08. The lowest BCUT2D eigenvalue weighted by Gasteiger charge is -2.32. The lowest BCUT2D eigenvalue weighted by Crippen LogP contribution is -2.48. The molecule has 1 aromatic rings. The van der Waals surface area contributed by atoms with E-state index in [9.17, 15) is 9.90 Å². The molecule has 1 aliphatic rings. The molecule has 1 atom stereocenters. The molecule has 0 aliphatic carbocycles. The fourth-order valence-electron chi connectivity index (χ4n) is 2.46. The van der Waals surface area contributed by atoms with Crippen LogP contribution in [0.2, 0.25) is 0 Å². The number of methoxy groups -OCH3 is 2. The minimum Gasteiger partial charge on any atom is -0.502 e. The van der Waals surface area contributed by atoms with Crippen LogP contribution in [0.5, 0.6) is 17.2 Å². The van der Waals surface area contributed by atoms with Crippen LogP contribution in [-0.4, -0.2) is 63.0 Å². The number of hydrogen-bond acceptors (Lipinski definition) is 6. The molecule has 2 rings (SSSR count). The summed E-state index contributed by atoms with van der Waals surface area (Å²) in [5.74, 6) is 0.598. The molecule has 0 bridgehead atoms. The van der Waals surface area contributed by atoms with Crippen molar-refractivity contribution in [3.8, 4) is 17.2 Å². The molecule has 122 valence electrons. The van der Waals surface area contributed by atoms with Crippen molar-refractivity contribution in [3.05, 3.63) is 17.7 Å². The van der Waals surface area contributed by atoms with E-state index in [1.165, 1.54) is 14.2 Å². The van der Waals surface area contributed by atoms with Crippen molar-refractivity contribution >= 4 is 5.91 Å². The topological polar surface area (TPSA) is 80.3 Å². The highest BCUT2D eigenvalue weighted by Crippen LogP contribution is 2.37. The highest BCUT2D eigenvalue weighted by Gasteiger charge is 2.26. The van der Waals surface area contributed by atoms with Gasteiger partial charge in [0.15, 0.2) is 11.5 Å². The van der Waals surface area contributed by atoms with E-state index in [-0.39, 0.29) is 11.7 Å². The Morgan fingerprint density at radius 3 is 2.59 bits per heavy atom. The monoisotopic (exact) mass is 310 g/mol. The number of carbonyl (C=O) groups is 1. The quantitative estimate of drug-likeness (QED) is 0.817. The molecule has 1 fully saturated rings. The zero-order valence-electron chi connectivity index (χ0n) is 13.1. The summed E-state index contributed by atoms with van der Waals surface area (Å²) >= 11 is 0. The van der Waals surface area contributed by atoms with Crippen LogP contribution in [0.1, 0.15) is 5.56 Å². The maximum Gasteiger partial charge on any atom is 0.250 e. The minimum absolute atomic E-state index is 0.0148. The lowest BCUT2D eigenvalue weighted by molar-refractivity contribution is -0.138. The van der Waals surface area contributed by atoms with Gasteiger partial charge in [0.05, 0.1) is 20.8 Å². The summed E-state index contributed by atoms with van der Waals surface area (Å²) in [6.45, 7) is 2.37. The molecule has 7 heteroatoms. The molecule has 0 spiro atoms. The number of amides is 1. The Hall–Kier alpha value is -1.99. The second kappa shape index (κ2) is 7.33. The van der Waals surface area contributed by atoms with Gasteiger partial charge < -0.3 is 24.6 Å². The number of hydrogen-bond donors (Lipinski definition) is 2. The standard InChI is InChI=1S/C15H22N2O5/c1-16-15(19)13-9-17(4-5-22-13)8-10-6-11(20-2)14(18)12(7-10)21-3/h6-7,13,18H,4-5,8-9H2,1-3H3,(H,16,19). The van der Waals surface area contributed by atoms with Crippen LogP contribution in [0.15, 0.2) is 12.1 Å². The van der Waals surface area contributed by atoms with Crippen LogP contribution in [0.4, 0.5) is 0 Å². The zero-order valence-corrected chi connectivity index (χ0v) is 13.1. The minimum atomic E-state index is -0.459. The summed E-state index contributed by atoms with van der Waals surface area (Å²) < 4.78 is 15.8. The van der Waals surface area contributed by atoms with E-state index >= 15 is 0 Å². The molecular formula is C15H22N2O5. The number of phenolic OH excluding ortho intramolecular Hbond substituents is 1. The Morgan fingerprint density at radius 2 is 2.05 bits per heavy atom. The maximum absolute atomic E-state index is 11.7. The number of carbonyl (C=O) groups excluding carboxylic acids is 1. The molecule has 0 aromatic heterocycles. The SMILES string of the molecule is CNC(=O)C1CN(Cc2cc(OC)c(O)c(OC)c2)CCO1. The van der Waals surface area contributed by atoms with Crippen LogP contribution in [0, 0.1) is 0 Å². The maximum atomic E-state index is 11.7. The van der Waals surface area contributed by atoms with Crippen molar-refractivity contribution in [1.82, 2.24) is 10.2 Å². The Labute approximate surface area is 129 Å². The van der Waals surface area contributed by atoms with E-state index in [1.54, 1.807) is 19.2 Å². The molecule has 1 amide bonds. The Bertz CT molecular complexity index is 510. The summed E-state index contributed by atoms with van der Waals surface area (Å²) in [4.78, 5) is 13.8. The van der Waals surface area contributed by atoms with Gasteiger partial charge in [0.25, 0.3) is 0 Å². The van der Waals surface area contributed by atoms with E-state index in [1.807, 2.05) is 0 Å². The first-order valence-corrected chi connectivity index (χ1v) is 7.08. The number of rotatable bonds is 5. The average Bonchev–Trinajstić information content (AvgIpc) is 2.55. The van der Waals surface area contributed by atoms with Gasteiger partial charge in [-0.1, -0.05) is 0 Å². The smallest absolute Gasteiger partial charge is 0.250 e. The van der Waals surface area contributed by atoms with Crippen molar-refractivity contribution in [2.75, 3.05) is 41.0 Å². The Kier molecular flexibility index (Phi) is 5.46. The van der Waals surface area contributed by atoms with Gasteiger partial charge in [-0.05, 0) is 17.7 Å². The van der Waals surface area contributed by atoms with Crippen LogP contribution >= 0.6 is 0 Å². The van der Waals surface area contributed by atoms with Gasteiger partial charge in [0, 0.05) is 26.7 Å². The van der Waals surface area contributed by atoms with Crippen molar-refractivity contribution in [2.45, 2.75) is 12.6 Å². The van der Waals surface area contributed by atoms with Crippen LogP contribution in [0.25, 0.3) is 0 Å². The molecule has 0 saturated carbocycles. The number of nitrogens with zero attached hydrogens (tertiary/aromatic N) is 1. The molecule has 1 aliphatic heterocycles. The molecule has 1 saturated heterocycles.